The standard InChI is InChI=1S/C24H20N4O4S/c1-12-13(2)33-24-20(12)22(30)27-21(28-24)23(31)25-10-14-4-3-5-15(8-14)16-6-7-18-17(9-16)26-19(29)11-32-18/h3-9H,10-11H2,1-2H3,(H,25,31)(H,26,29)(H,27,28,30). The summed E-state index contributed by atoms with van der Waals surface area (Å²) in [5, 5.41) is 6.16. The average Bonchev–Trinajstić information content (AvgIpc) is 3.10. The van der Waals surface area contributed by atoms with E-state index in [2.05, 4.69) is 20.6 Å². The molecule has 33 heavy (non-hydrogen) atoms. The van der Waals surface area contributed by atoms with Gasteiger partial charge in [0.05, 0.1) is 11.1 Å². The zero-order chi connectivity index (χ0) is 23.1. The van der Waals surface area contributed by atoms with Crippen LogP contribution in [-0.4, -0.2) is 28.4 Å². The number of hydrogen-bond acceptors (Lipinski definition) is 6. The number of aromatic nitrogens is 2. The summed E-state index contributed by atoms with van der Waals surface area (Å²) in [7, 11) is 0. The fourth-order valence-electron chi connectivity index (χ4n) is 3.75. The lowest BCUT2D eigenvalue weighted by Gasteiger charge is -2.18. The van der Waals surface area contributed by atoms with Crippen LogP contribution in [0, 0.1) is 13.8 Å². The van der Waals surface area contributed by atoms with Gasteiger partial charge in [-0.25, -0.2) is 4.98 Å². The Labute approximate surface area is 192 Å². The quantitative estimate of drug-likeness (QED) is 0.431. The number of benzene rings is 2. The Hall–Kier alpha value is -3.98. The number of thiophene rings is 1. The fraction of sp³-hybridized carbons (Fsp3) is 0.167. The summed E-state index contributed by atoms with van der Waals surface area (Å²) in [6.07, 6.45) is 0. The third kappa shape index (κ3) is 3.98. The van der Waals surface area contributed by atoms with Crippen molar-refractivity contribution in [3.63, 3.8) is 0 Å². The molecule has 5 rings (SSSR count). The number of H-pyrrole nitrogens is 1. The van der Waals surface area contributed by atoms with Gasteiger partial charge < -0.3 is 20.4 Å². The van der Waals surface area contributed by atoms with E-state index >= 15 is 0 Å². The molecule has 2 aromatic carbocycles. The van der Waals surface area contributed by atoms with Crippen LogP contribution in [0.2, 0.25) is 0 Å². The lowest BCUT2D eigenvalue weighted by atomic mass is 10.0. The first-order chi connectivity index (χ1) is 15.9. The van der Waals surface area contributed by atoms with Gasteiger partial charge in [0, 0.05) is 11.4 Å². The van der Waals surface area contributed by atoms with Crippen molar-refractivity contribution in [2.45, 2.75) is 20.4 Å². The number of hydrogen-bond donors (Lipinski definition) is 3. The lowest BCUT2D eigenvalue weighted by Crippen LogP contribution is -2.27. The van der Waals surface area contributed by atoms with Crippen molar-refractivity contribution in [2.75, 3.05) is 11.9 Å². The third-order valence-corrected chi connectivity index (χ3v) is 6.68. The second kappa shape index (κ2) is 8.18. The van der Waals surface area contributed by atoms with Gasteiger partial charge in [-0.3, -0.25) is 14.4 Å². The van der Waals surface area contributed by atoms with Crippen LogP contribution < -0.4 is 20.9 Å². The van der Waals surface area contributed by atoms with Crippen LogP contribution in [0.3, 0.4) is 0 Å². The van der Waals surface area contributed by atoms with Crippen molar-refractivity contribution < 1.29 is 14.3 Å². The summed E-state index contributed by atoms with van der Waals surface area (Å²) < 4.78 is 5.41. The maximum absolute atomic E-state index is 12.7. The highest BCUT2D eigenvalue weighted by Gasteiger charge is 2.17. The molecule has 8 nitrogen and oxygen atoms in total. The zero-order valence-electron chi connectivity index (χ0n) is 17.9. The van der Waals surface area contributed by atoms with Crippen LogP contribution in [0.4, 0.5) is 5.69 Å². The van der Waals surface area contributed by atoms with Gasteiger partial charge in [0.15, 0.2) is 6.61 Å². The number of amides is 2. The molecule has 1 aliphatic heterocycles. The van der Waals surface area contributed by atoms with Gasteiger partial charge in [-0.2, -0.15) is 0 Å². The minimum Gasteiger partial charge on any atom is -0.482 e. The molecule has 0 saturated heterocycles. The summed E-state index contributed by atoms with van der Waals surface area (Å²) in [5.41, 5.74) is 3.93. The van der Waals surface area contributed by atoms with E-state index in [4.69, 9.17) is 4.74 Å². The molecule has 0 radical (unpaired) electrons. The third-order valence-electron chi connectivity index (χ3n) is 5.58. The fourth-order valence-corrected chi connectivity index (χ4v) is 4.78. The minimum atomic E-state index is -0.447. The van der Waals surface area contributed by atoms with Gasteiger partial charge in [-0.05, 0) is 54.3 Å². The first-order valence-electron chi connectivity index (χ1n) is 10.3. The smallest absolute Gasteiger partial charge is 0.287 e. The van der Waals surface area contributed by atoms with E-state index in [9.17, 15) is 14.4 Å². The molecule has 166 valence electrons. The van der Waals surface area contributed by atoms with Crippen LogP contribution >= 0.6 is 11.3 Å². The molecule has 0 atom stereocenters. The van der Waals surface area contributed by atoms with Gasteiger partial charge in [-0.1, -0.05) is 24.3 Å². The van der Waals surface area contributed by atoms with E-state index in [0.29, 0.717) is 21.7 Å². The summed E-state index contributed by atoms with van der Waals surface area (Å²) in [6, 6.07) is 13.3. The molecule has 2 amide bonds. The first kappa shape index (κ1) is 20.9. The van der Waals surface area contributed by atoms with E-state index in [1.807, 2.05) is 56.3 Å². The monoisotopic (exact) mass is 460 g/mol. The van der Waals surface area contributed by atoms with Gasteiger partial charge in [0.2, 0.25) is 5.82 Å². The Bertz CT molecular complexity index is 1490. The summed E-state index contributed by atoms with van der Waals surface area (Å²) in [6.45, 7) is 4.08. The second-order valence-electron chi connectivity index (χ2n) is 7.81. The van der Waals surface area contributed by atoms with Crippen molar-refractivity contribution >= 4 is 39.1 Å². The number of anilines is 1. The molecule has 0 spiro atoms. The number of aryl methyl sites for hydroxylation is 2. The Morgan fingerprint density at radius 3 is 2.82 bits per heavy atom. The highest BCUT2D eigenvalue weighted by atomic mass is 32.1. The van der Waals surface area contributed by atoms with Gasteiger partial charge in [0.1, 0.15) is 10.6 Å². The number of carbonyl (C=O) groups excluding carboxylic acids is 2. The molecule has 0 fully saturated rings. The number of fused-ring (bicyclic) bond motifs is 2. The molecule has 0 bridgehead atoms. The highest BCUT2D eigenvalue weighted by molar-refractivity contribution is 7.18. The molecule has 0 saturated carbocycles. The SMILES string of the molecule is Cc1sc2nc(C(=O)NCc3cccc(-c4ccc5c(c4)NC(=O)CO5)c3)[nH]c(=O)c2c1C. The Balaban J connectivity index is 1.34. The number of ether oxygens (including phenoxy) is 1. The van der Waals surface area contributed by atoms with Crippen molar-refractivity contribution in [2.24, 2.45) is 0 Å². The van der Waals surface area contributed by atoms with Crippen LogP contribution in [0.1, 0.15) is 26.6 Å². The molecular formula is C24H20N4O4S. The van der Waals surface area contributed by atoms with E-state index in [1.165, 1.54) is 11.3 Å². The predicted octanol–water partition coefficient (Wildman–Crippen LogP) is 3.53. The highest BCUT2D eigenvalue weighted by Crippen LogP contribution is 2.33. The minimum absolute atomic E-state index is 0.00432. The van der Waals surface area contributed by atoms with E-state index < -0.39 is 5.91 Å². The van der Waals surface area contributed by atoms with Gasteiger partial charge in [-0.15, -0.1) is 11.3 Å². The topological polar surface area (TPSA) is 113 Å². The molecule has 0 unspecified atom stereocenters. The molecule has 2 aromatic heterocycles. The van der Waals surface area contributed by atoms with Crippen molar-refractivity contribution in [3.8, 4) is 16.9 Å². The second-order valence-corrected chi connectivity index (χ2v) is 9.01. The zero-order valence-corrected chi connectivity index (χ0v) is 18.8. The van der Waals surface area contributed by atoms with E-state index in [0.717, 1.165) is 27.1 Å². The molecule has 9 heteroatoms. The molecule has 3 N–H and O–H groups in total. The summed E-state index contributed by atoms with van der Waals surface area (Å²) in [5.74, 6) is -0.00253. The number of rotatable bonds is 4. The van der Waals surface area contributed by atoms with Gasteiger partial charge >= 0.3 is 0 Å². The lowest BCUT2D eigenvalue weighted by molar-refractivity contribution is -0.118. The largest absolute Gasteiger partial charge is 0.482 e. The number of carbonyl (C=O) groups is 2. The molecular weight excluding hydrogens is 440 g/mol. The predicted molar refractivity (Wildman–Crippen MR) is 127 cm³/mol. The maximum Gasteiger partial charge on any atom is 0.287 e. The molecule has 3 heterocycles. The molecule has 1 aliphatic rings. The molecule has 4 aromatic rings. The number of nitrogens with zero attached hydrogens (tertiary/aromatic N) is 1. The van der Waals surface area contributed by atoms with E-state index in [-0.39, 0.29) is 30.4 Å². The van der Waals surface area contributed by atoms with Crippen LogP contribution in [-0.2, 0) is 11.3 Å². The average molecular weight is 461 g/mol. The van der Waals surface area contributed by atoms with Crippen LogP contribution in [0.15, 0.2) is 47.3 Å². The van der Waals surface area contributed by atoms with Crippen molar-refractivity contribution in [1.82, 2.24) is 15.3 Å². The number of nitrogens with one attached hydrogen (secondary N) is 3. The van der Waals surface area contributed by atoms with Crippen LogP contribution in [0.25, 0.3) is 21.3 Å². The summed E-state index contributed by atoms with van der Waals surface area (Å²) in [4.78, 5) is 45.2. The maximum atomic E-state index is 12.7. The normalized spacial score (nSPS) is 12.7. The van der Waals surface area contributed by atoms with E-state index in [1.54, 1.807) is 0 Å². The Kier molecular flexibility index (Phi) is 5.18. The summed E-state index contributed by atoms with van der Waals surface area (Å²) >= 11 is 1.40. The Morgan fingerprint density at radius 2 is 1.97 bits per heavy atom. The number of aromatic amines is 1. The first-order valence-corrected chi connectivity index (χ1v) is 11.1. The van der Waals surface area contributed by atoms with Crippen molar-refractivity contribution in [3.05, 3.63) is 74.6 Å². The molecule has 0 aliphatic carbocycles. The van der Waals surface area contributed by atoms with Crippen molar-refractivity contribution in [1.29, 1.82) is 0 Å². The Morgan fingerprint density at radius 1 is 1.15 bits per heavy atom. The van der Waals surface area contributed by atoms with Crippen LogP contribution in [0.5, 0.6) is 5.75 Å². The van der Waals surface area contributed by atoms with Gasteiger partial charge in [0.25, 0.3) is 17.4 Å².